The summed E-state index contributed by atoms with van der Waals surface area (Å²) in [5, 5.41) is 0. The molecule has 0 heterocycles. The van der Waals surface area contributed by atoms with E-state index in [2.05, 4.69) is 86.3 Å². The number of ether oxygens (including phenoxy) is 1. The highest BCUT2D eigenvalue weighted by atomic mass is 16.5. The Kier molecular flexibility index (Phi) is 13.1. The van der Waals surface area contributed by atoms with Crippen LogP contribution in [0.25, 0.3) is 0 Å². The SMILES string of the molecule is C=C(C)[C@@H]1CC[C@]2(C)CC[C@]3(C)C(CCC4[C@@]5(C)CC[C@H](OC(=O)CCCCCCC/C=C\C/C=C\CCCCC)C(C)(C)[C@@H]5CC[C@]43C)[C@@H]12. The van der Waals surface area contributed by atoms with Gasteiger partial charge in [0.2, 0.25) is 0 Å². The maximum Gasteiger partial charge on any atom is 0.306 e. The molecule has 5 fully saturated rings. The monoisotopic (exact) mass is 689 g/mol. The second kappa shape index (κ2) is 16.4. The Balaban J connectivity index is 1.08. The maximum absolute atomic E-state index is 13.2. The van der Waals surface area contributed by atoms with Gasteiger partial charge in [-0.1, -0.05) is 117 Å². The van der Waals surface area contributed by atoms with Crippen LogP contribution in [0.5, 0.6) is 0 Å². The third-order valence-electron chi connectivity index (χ3n) is 17.0. The Morgan fingerprint density at radius 2 is 1.38 bits per heavy atom. The van der Waals surface area contributed by atoms with Crippen LogP contribution in [0.2, 0.25) is 0 Å². The zero-order valence-electron chi connectivity index (χ0n) is 34.4. The fourth-order valence-electron chi connectivity index (χ4n) is 14.0. The first-order valence-corrected chi connectivity index (χ1v) is 21.9. The van der Waals surface area contributed by atoms with E-state index in [-0.39, 0.29) is 17.5 Å². The molecule has 2 nitrogen and oxygen atoms in total. The van der Waals surface area contributed by atoms with Gasteiger partial charge in [-0.15, -0.1) is 0 Å². The molecule has 5 rings (SSSR count). The summed E-state index contributed by atoms with van der Waals surface area (Å²) in [7, 11) is 0. The van der Waals surface area contributed by atoms with Gasteiger partial charge in [0.15, 0.2) is 0 Å². The van der Waals surface area contributed by atoms with Crippen LogP contribution in [-0.4, -0.2) is 12.1 Å². The summed E-state index contributed by atoms with van der Waals surface area (Å²) in [5.74, 6) is 3.84. The van der Waals surface area contributed by atoms with Gasteiger partial charge >= 0.3 is 5.97 Å². The normalized spacial score (nSPS) is 40.6. The fraction of sp³-hybridized carbons (Fsp3) is 0.854. The average molecular weight is 689 g/mol. The molecule has 284 valence electrons. The number of allylic oxidation sites excluding steroid dienone is 5. The molecular formula is C48H80O2. The predicted octanol–water partition coefficient (Wildman–Crippen LogP) is 14.4. The van der Waals surface area contributed by atoms with Gasteiger partial charge in [0.05, 0.1) is 0 Å². The summed E-state index contributed by atoms with van der Waals surface area (Å²) in [6.07, 6.45) is 36.6. The molecule has 0 amide bonds. The van der Waals surface area contributed by atoms with Gasteiger partial charge in [-0.05, 0) is 161 Å². The van der Waals surface area contributed by atoms with Gasteiger partial charge in [0.1, 0.15) is 6.10 Å². The van der Waals surface area contributed by atoms with Crippen molar-refractivity contribution >= 4 is 5.97 Å². The van der Waals surface area contributed by atoms with Crippen LogP contribution in [0.3, 0.4) is 0 Å². The van der Waals surface area contributed by atoms with Crippen molar-refractivity contribution in [3.05, 3.63) is 36.5 Å². The molecule has 0 aliphatic heterocycles. The number of unbranched alkanes of at least 4 members (excludes halogenated alkanes) is 8. The Morgan fingerprint density at radius 1 is 0.700 bits per heavy atom. The van der Waals surface area contributed by atoms with Crippen molar-refractivity contribution in [3.63, 3.8) is 0 Å². The van der Waals surface area contributed by atoms with E-state index in [0.717, 1.165) is 49.4 Å². The summed E-state index contributed by atoms with van der Waals surface area (Å²) in [5.41, 5.74) is 3.15. The van der Waals surface area contributed by atoms with Crippen molar-refractivity contribution < 1.29 is 9.53 Å². The maximum atomic E-state index is 13.2. The number of hydrogen-bond acceptors (Lipinski definition) is 2. The Labute approximate surface area is 310 Å². The third-order valence-corrected chi connectivity index (χ3v) is 17.0. The average Bonchev–Trinajstić information content (AvgIpc) is 3.42. The third kappa shape index (κ3) is 7.68. The zero-order valence-corrected chi connectivity index (χ0v) is 34.4. The minimum atomic E-state index is 0.0295. The molecule has 0 aromatic rings. The highest BCUT2D eigenvalue weighted by Gasteiger charge is 2.70. The topological polar surface area (TPSA) is 26.3 Å². The first-order chi connectivity index (χ1) is 23.7. The van der Waals surface area contributed by atoms with Crippen LogP contribution >= 0.6 is 0 Å². The molecule has 0 aromatic carbocycles. The zero-order chi connectivity index (χ0) is 36.2. The quantitative estimate of drug-likeness (QED) is 0.0916. The van der Waals surface area contributed by atoms with E-state index in [9.17, 15) is 4.79 Å². The second-order valence-electron chi connectivity index (χ2n) is 20.2. The Hall–Kier alpha value is -1.31. The van der Waals surface area contributed by atoms with Crippen molar-refractivity contribution in [3.8, 4) is 0 Å². The van der Waals surface area contributed by atoms with Gasteiger partial charge in [0, 0.05) is 11.8 Å². The lowest BCUT2D eigenvalue weighted by Gasteiger charge is -2.73. The van der Waals surface area contributed by atoms with Crippen molar-refractivity contribution in [1.82, 2.24) is 0 Å². The number of esters is 1. The molecule has 5 aliphatic rings. The molecule has 2 unspecified atom stereocenters. The molecule has 0 bridgehead atoms. The van der Waals surface area contributed by atoms with Crippen LogP contribution in [0.1, 0.15) is 197 Å². The van der Waals surface area contributed by atoms with Crippen LogP contribution in [-0.2, 0) is 9.53 Å². The van der Waals surface area contributed by atoms with Crippen molar-refractivity contribution in [2.45, 2.75) is 203 Å². The predicted molar refractivity (Wildman–Crippen MR) is 214 cm³/mol. The lowest BCUT2D eigenvalue weighted by molar-refractivity contribution is -0.249. The highest BCUT2D eigenvalue weighted by molar-refractivity contribution is 5.69. The van der Waals surface area contributed by atoms with Crippen molar-refractivity contribution in [2.75, 3.05) is 0 Å². The van der Waals surface area contributed by atoms with E-state index < -0.39 is 0 Å². The molecule has 0 N–H and O–H groups in total. The Bertz CT molecular complexity index is 1210. The van der Waals surface area contributed by atoms with Crippen LogP contribution in [0.4, 0.5) is 0 Å². The first-order valence-electron chi connectivity index (χ1n) is 21.9. The van der Waals surface area contributed by atoms with Crippen LogP contribution in [0, 0.1) is 56.7 Å². The largest absolute Gasteiger partial charge is 0.462 e. The summed E-state index contributed by atoms with van der Waals surface area (Å²) in [6.45, 7) is 24.9. The molecule has 50 heavy (non-hydrogen) atoms. The van der Waals surface area contributed by atoms with Gasteiger partial charge in [-0.3, -0.25) is 4.79 Å². The van der Waals surface area contributed by atoms with E-state index in [0.29, 0.717) is 34.0 Å². The standard InChI is InChI=1S/C48H80O2/c1-10-11-12-13-14-15-16-17-18-19-20-21-22-23-24-25-42(49)50-41-30-32-46(7)39(44(41,4)5)29-33-48(9)40(46)27-26-38-43-37(36(2)3)28-31-45(43,6)34-35-47(38,48)8/h14-15,17-18,37-41,43H,2,10-13,16,19-35H2,1,3-9H3/b15-14-,18-17-/t37-,38?,39-,40?,41-,43+,45+,46-,47+,48+/m0/s1. The molecule has 0 aromatic heterocycles. The molecule has 0 radical (unpaired) electrons. The van der Waals surface area contributed by atoms with Gasteiger partial charge in [-0.2, -0.15) is 0 Å². The number of fused-ring (bicyclic) bond motifs is 7. The highest BCUT2D eigenvalue weighted by Crippen LogP contribution is 2.77. The van der Waals surface area contributed by atoms with E-state index in [1.807, 2.05) is 0 Å². The smallest absolute Gasteiger partial charge is 0.306 e. The van der Waals surface area contributed by atoms with E-state index in [4.69, 9.17) is 4.74 Å². The van der Waals surface area contributed by atoms with E-state index in [1.54, 1.807) is 0 Å². The fourth-order valence-corrected chi connectivity index (χ4v) is 14.0. The van der Waals surface area contributed by atoms with Gasteiger partial charge < -0.3 is 4.74 Å². The van der Waals surface area contributed by atoms with Crippen LogP contribution < -0.4 is 0 Å². The molecule has 2 heteroatoms. The minimum Gasteiger partial charge on any atom is -0.462 e. The Morgan fingerprint density at radius 3 is 2.08 bits per heavy atom. The molecular weight excluding hydrogens is 609 g/mol. The summed E-state index contributed by atoms with van der Waals surface area (Å²) in [6, 6.07) is 0. The number of carbonyl (C=O) groups excluding carboxylic acids is 1. The van der Waals surface area contributed by atoms with E-state index >= 15 is 0 Å². The lowest BCUT2D eigenvalue weighted by Crippen LogP contribution is -2.66. The summed E-state index contributed by atoms with van der Waals surface area (Å²) < 4.78 is 6.42. The van der Waals surface area contributed by atoms with Crippen molar-refractivity contribution in [1.29, 1.82) is 0 Å². The number of hydrogen-bond donors (Lipinski definition) is 0. The molecule has 5 aliphatic carbocycles. The number of rotatable bonds is 16. The first kappa shape index (κ1) is 39.9. The summed E-state index contributed by atoms with van der Waals surface area (Å²) >= 11 is 0. The number of carbonyl (C=O) groups is 1. The molecule has 0 spiro atoms. The van der Waals surface area contributed by atoms with Crippen molar-refractivity contribution in [2.24, 2.45) is 56.7 Å². The molecule has 0 saturated heterocycles. The van der Waals surface area contributed by atoms with Gasteiger partial charge in [-0.25, -0.2) is 0 Å². The van der Waals surface area contributed by atoms with Gasteiger partial charge in [0.25, 0.3) is 0 Å². The van der Waals surface area contributed by atoms with Crippen LogP contribution in [0.15, 0.2) is 36.5 Å². The summed E-state index contributed by atoms with van der Waals surface area (Å²) in [4.78, 5) is 13.2. The molecule has 5 saturated carbocycles. The minimum absolute atomic E-state index is 0.0295. The lowest BCUT2D eigenvalue weighted by atomic mass is 9.32. The second-order valence-corrected chi connectivity index (χ2v) is 20.2. The molecule has 10 atom stereocenters. The van der Waals surface area contributed by atoms with E-state index in [1.165, 1.54) is 115 Å².